The van der Waals surface area contributed by atoms with Crippen LogP contribution in [0, 0.1) is 13.8 Å². The van der Waals surface area contributed by atoms with Crippen molar-refractivity contribution >= 4 is 11.3 Å². The number of aliphatic hydroxyl groups is 1. The van der Waals surface area contributed by atoms with Crippen LogP contribution in [0.15, 0.2) is 0 Å². The van der Waals surface area contributed by atoms with Crippen LogP contribution in [-0.4, -0.2) is 22.7 Å². The highest BCUT2D eigenvalue weighted by molar-refractivity contribution is 7.11. The predicted octanol–water partition coefficient (Wildman–Crippen LogP) is 1.23. The Morgan fingerprint density at radius 2 is 2.23 bits per heavy atom. The van der Waals surface area contributed by atoms with Crippen LogP contribution < -0.4 is 5.32 Å². The maximum atomic E-state index is 8.81. The lowest BCUT2D eigenvalue weighted by atomic mass is 10.3. The first kappa shape index (κ1) is 10.6. The molecule has 3 nitrogen and oxygen atoms in total. The molecule has 0 aliphatic rings. The standard InChI is InChI=1S/C9H16N2OS/c1-6(5-12)10-4-9-7(2)11-8(3)13-9/h6,10,12H,4-5H2,1-3H3/t6-/m1/s1. The van der Waals surface area contributed by atoms with Crippen molar-refractivity contribution in [1.82, 2.24) is 10.3 Å². The van der Waals surface area contributed by atoms with Crippen LogP contribution in [0.2, 0.25) is 0 Å². The summed E-state index contributed by atoms with van der Waals surface area (Å²) in [5.74, 6) is 0. The van der Waals surface area contributed by atoms with Crippen molar-refractivity contribution in [3.8, 4) is 0 Å². The van der Waals surface area contributed by atoms with Gasteiger partial charge in [-0.3, -0.25) is 0 Å². The lowest BCUT2D eigenvalue weighted by Gasteiger charge is -2.08. The number of aliphatic hydroxyl groups excluding tert-OH is 1. The van der Waals surface area contributed by atoms with Crippen molar-refractivity contribution in [2.45, 2.75) is 33.4 Å². The molecule has 0 aliphatic heterocycles. The molecule has 0 saturated heterocycles. The van der Waals surface area contributed by atoms with Crippen molar-refractivity contribution in [2.75, 3.05) is 6.61 Å². The van der Waals surface area contributed by atoms with Crippen molar-refractivity contribution < 1.29 is 5.11 Å². The van der Waals surface area contributed by atoms with Gasteiger partial charge in [0.1, 0.15) is 0 Å². The lowest BCUT2D eigenvalue weighted by Crippen LogP contribution is -2.28. The van der Waals surface area contributed by atoms with E-state index in [9.17, 15) is 0 Å². The first-order chi connectivity index (χ1) is 6.13. The summed E-state index contributed by atoms with van der Waals surface area (Å²) in [6.45, 7) is 6.97. The molecule has 4 heteroatoms. The van der Waals surface area contributed by atoms with Crippen LogP contribution in [0.25, 0.3) is 0 Å². The van der Waals surface area contributed by atoms with Gasteiger partial charge in [-0.25, -0.2) is 4.98 Å². The molecule has 0 amide bonds. The van der Waals surface area contributed by atoms with E-state index in [1.165, 1.54) is 4.88 Å². The van der Waals surface area contributed by atoms with Gasteiger partial charge in [0.15, 0.2) is 0 Å². The molecule has 0 bridgehead atoms. The maximum Gasteiger partial charge on any atom is 0.0900 e. The van der Waals surface area contributed by atoms with Crippen LogP contribution in [0.1, 0.15) is 22.5 Å². The highest BCUT2D eigenvalue weighted by atomic mass is 32.1. The second-order valence-corrected chi connectivity index (χ2v) is 4.49. The molecule has 1 heterocycles. The van der Waals surface area contributed by atoms with Crippen molar-refractivity contribution in [3.63, 3.8) is 0 Å². The molecular weight excluding hydrogens is 184 g/mol. The Hall–Kier alpha value is -0.450. The van der Waals surface area contributed by atoms with E-state index in [1.807, 2.05) is 20.8 Å². The second kappa shape index (κ2) is 4.69. The molecule has 0 spiro atoms. The van der Waals surface area contributed by atoms with Crippen LogP contribution >= 0.6 is 11.3 Å². The van der Waals surface area contributed by atoms with E-state index < -0.39 is 0 Å². The zero-order valence-electron chi connectivity index (χ0n) is 8.29. The van der Waals surface area contributed by atoms with Crippen LogP contribution in [0.5, 0.6) is 0 Å². The Kier molecular flexibility index (Phi) is 3.84. The molecule has 1 aromatic heterocycles. The van der Waals surface area contributed by atoms with Gasteiger partial charge >= 0.3 is 0 Å². The van der Waals surface area contributed by atoms with Gasteiger partial charge < -0.3 is 10.4 Å². The number of hydrogen-bond acceptors (Lipinski definition) is 4. The number of rotatable bonds is 4. The number of nitrogens with zero attached hydrogens (tertiary/aromatic N) is 1. The number of aryl methyl sites for hydroxylation is 2. The summed E-state index contributed by atoms with van der Waals surface area (Å²) < 4.78 is 0. The number of aromatic nitrogens is 1. The van der Waals surface area contributed by atoms with Gasteiger partial charge in [-0.1, -0.05) is 0 Å². The molecule has 13 heavy (non-hydrogen) atoms. The van der Waals surface area contributed by atoms with E-state index in [0.717, 1.165) is 17.2 Å². The monoisotopic (exact) mass is 200 g/mol. The molecule has 0 aliphatic carbocycles. The lowest BCUT2D eigenvalue weighted by molar-refractivity contribution is 0.251. The Bertz CT molecular complexity index is 273. The Labute approximate surface area is 82.8 Å². The molecule has 0 fully saturated rings. The van der Waals surface area contributed by atoms with Gasteiger partial charge in [-0.15, -0.1) is 11.3 Å². The van der Waals surface area contributed by atoms with Crippen molar-refractivity contribution in [2.24, 2.45) is 0 Å². The predicted molar refractivity (Wildman–Crippen MR) is 55.0 cm³/mol. The number of thiazole rings is 1. The summed E-state index contributed by atoms with van der Waals surface area (Å²) >= 11 is 1.71. The summed E-state index contributed by atoms with van der Waals surface area (Å²) in [5, 5.41) is 13.1. The fourth-order valence-corrected chi connectivity index (χ4v) is 1.96. The average Bonchev–Trinajstić information content (AvgIpc) is 2.41. The van der Waals surface area contributed by atoms with Gasteiger partial charge in [0.2, 0.25) is 0 Å². The SMILES string of the molecule is Cc1nc(C)c(CN[C@H](C)CO)s1. The third-order valence-electron chi connectivity index (χ3n) is 1.88. The van der Waals surface area contributed by atoms with E-state index in [-0.39, 0.29) is 12.6 Å². The Morgan fingerprint density at radius 1 is 1.54 bits per heavy atom. The molecule has 1 aromatic rings. The summed E-state index contributed by atoms with van der Waals surface area (Å²) in [6, 6.07) is 0.154. The third-order valence-corrected chi connectivity index (χ3v) is 2.96. The normalized spacial score (nSPS) is 13.2. The third kappa shape index (κ3) is 3.06. The van der Waals surface area contributed by atoms with Crippen LogP contribution in [-0.2, 0) is 6.54 Å². The molecule has 1 rings (SSSR count). The second-order valence-electron chi connectivity index (χ2n) is 3.21. The van der Waals surface area contributed by atoms with E-state index in [2.05, 4.69) is 10.3 Å². The molecule has 0 saturated carbocycles. The topological polar surface area (TPSA) is 45.2 Å². The smallest absolute Gasteiger partial charge is 0.0900 e. The van der Waals surface area contributed by atoms with Crippen molar-refractivity contribution in [1.29, 1.82) is 0 Å². The molecule has 0 unspecified atom stereocenters. The Balaban J connectivity index is 2.49. The summed E-state index contributed by atoms with van der Waals surface area (Å²) in [5.41, 5.74) is 1.10. The van der Waals surface area contributed by atoms with Gasteiger partial charge in [0, 0.05) is 17.5 Å². The fourth-order valence-electron chi connectivity index (χ4n) is 1.07. The molecule has 0 aromatic carbocycles. The molecular formula is C9H16N2OS. The first-order valence-electron chi connectivity index (χ1n) is 4.40. The molecule has 0 radical (unpaired) electrons. The van der Waals surface area contributed by atoms with Crippen molar-refractivity contribution in [3.05, 3.63) is 15.6 Å². The fraction of sp³-hybridized carbons (Fsp3) is 0.667. The van der Waals surface area contributed by atoms with E-state index in [0.29, 0.717) is 0 Å². The molecule has 1 atom stereocenters. The van der Waals surface area contributed by atoms with Gasteiger partial charge in [0.25, 0.3) is 0 Å². The van der Waals surface area contributed by atoms with E-state index in [1.54, 1.807) is 11.3 Å². The largest absolute Gasteiger partial charge is 0.395 e. The summed E-state index contributed by atoms with van der Waals surface area (Å²) in [4.78, 5) is 5.59. The number of hydrogen-bond donors (Lipinski definition) is 2. The number of nitrogens with one attached hydrogen (secondary N) is 1. The minimum Gasteiger partial charge on any atom is -0.395 e. The van der Waals surface area contributed by atoms with Crippen LogP contribution in [0.3, 0.4) is 0 Å². The molecule has 74 valence electrons. The van der Waals surface area contributed by atoms with E-state index >= 15 is 0 Å². The minimum absolute atomic E-state index is 0.154. The summed E-state index contributed by atoms with van der Waals surface area (Å²) in [6.07, 6.45) is 0. The highest BCUT2D eigenvalue weighted by Gasteiger charge is 2.05. The highest BCUT2D eigenvalue weighted by Crippen LogP contribution is 2.16. The minimum atomic E-state index is 0.154. The maximum absolute atomic E-state index is 8.81. The first-order valence-corrected chi connectivity index (χ1v) is 5.22. The van der Waals surface area contributed by atoms with Gasteiger partial charge in [-0.05, 0) is 20.8 Å². The van der Waals surface area contributed by atoms with Gasteiger partial charge in [0.05, 0.1) is 17.3 Å². The Morgan fingerprint density at radius 3 is 2.69 bits per heavy atom. The zero-order valence-corrected chi connectivity index (χ0v) is 9.11. The summed E-state index contributed by atoms with van der Waals surface area (Å²) in [7, 11) is 0. The molecule has 2 N–H and O–H groups in total. The van der Waals surface area contributed by atoms with E-state index in [4.69, 9.17) is 5.11 Å². The van der Waals surface area contributed by atoms with Crippen LogP contribution in [0.4, 0.5) is 0 Å². The average molecular weight is 200 g/mol. The van der Waals surface area contributed by atoms with Gasteiger partial charge in [-0.2, -0.15) is 0 Å². The quantitative estimate of drug-likeness (QED) is 0.768. The zero-order chi connectivity index (χ0) is 9.84.